The van der Waals surface area contributed by atoms with Gasteiger partial charge in [-0.15, -0.1) is 0 Å². The number of aryl methyl sites for hydroxylation is 1. The molecule has 8 nitrogen and oxygen atoms in total. The summed E-state index contributed by atoms with van der Waals surface area (Å²) in [5.41, 5.74) is 4.85. The van der Waals surface area contributed by atoms with Gasteiger partial charge in [0.15, 0.2) is 0 Å². The van der Waals surface area contributed by atoms with Crippen LogP contribution in [0.4, 0.5) is 0 Å². The zero-order chi connectivity index (χ0) is 15.3. The van der Waals surface area contributed by atoms with Gasteiger partial charge in [-0.1, -0.05) is 0 Å². The highest BCUT2D eigenvalue weighted by atomic mass is 32.2. The van der Waals surface area contributed by atoms with Gasteiger partial charge >= 0.3 is 5.97 Å². The molecular formula is C11H17N3O5S. The Hall–Kier alpha value is -1.87. The number of nitrogens with two attached hydrogens (primary N) is 1. The van der Waals surface area contributed by atoms with Crippen LogP contribution in [-0.4, -0.2) is 36.5 Å². The van der Waals surface area contributed by atoms with Crippen LogP contribution in [0.25, 0.3) is 0 Å². The molecule has 0 aliphatic heterocycles. The average Bonchev–Trinajstić information content (AvgIpc) is 2.71. The first-order chi connectivity index (χ1) is 9.24. The summed E-state index contributed by atoms with van der Waals surface area (Å²) in [7, 11) is -2.29. The van der Waals surface area contributed by atoms with Crippen molar-refractivity contribution in [1.82, 2.24) is 9.29 Å². The van der Waals surface area contributed by atoms with E-state index in [1.165, 1.54) is 17.8 Å². The maximum Gasteiger partial charge on any atom is 0.352 e. The number of nitrogens with zero attached hydrogens (tertiary/aromatic N) is 1. The molecule has 1 rings (SSSR count). The van der Waals surface area contributed by atoms with Crippen molar-refractivity contribution in [2.24, 2.45) is 12.8 Å². The van der Waals surface area contributed by atoms with Crippen LogP contribution in [-0.2, 0) is 21.9 Å². The van der Waals surface area contributed by atoms with Gasteiger partial charge in [0.05, 0.1) is 0 Å². The molecular weight excluding hydrogens is 286 g/mol. The number of carboxylic acid groups (broad SMARTS) is 1. The largest absolute Gasteiger partial charge is 0.477 e. The molecule has 0 spiro atoms. The van der Waals surface area contributed by atoms with Gasteiger partial charge in [0.2, 0.25) is 15.9 Å². The first-order valence-corrected chi connectivity index (χ1v) is 7.40. The van der Waals surface area contributed by atoms with E-state index in [1.54, 1.807) is 0 Å². The van der Waals surface area contributed by atoms with Crippen molar-refractivity contribution in [3.05, 3.63) is 18.0 Å². The number of carbonyl (C=O) groups is 2. The monoisotopic (exact) mass is 303 g/mol. The fraction of sp³-hybridized carbons (Fsp3) is 0.455. The second-order valence-electron chi connectivity index (χ2n) is 4.30. The van der Waals surface area contributed by atoms with E-state index in [-0.39, 0.29) is 23.6 Å². The van der Waals surface area contributed by atoms with Crippen molar-refractivity contribution in [2.75, 3.05) is 6.54 Å². The van der Waals surface area contributed by atoms with Crippen molar-refractivity contribution in [3.8, 4) is 0 Å². The highest BCUT2D eigenvalue weighted by Crippen LogP contribution is 2.13. The third-order valence-electron chi connectivity index (χ3n) is 2.65. The molecule has 0 aliphatic carbocycles. The van der Waals surface area contributed by atoms with Crippen LogP contribution in [0.3, 0.4) is 0 Å². The molecule has 0 saturated carbocycles. The van der Waals surface area contributed by atoms with Crippen LogP contribution in [0.5, 0.6) is 0 Å². The quantitative estimate of drug-likeness (QED) is 0.565. The maximum absolute atomic E-state index is 11.9. The van der Waals surface area contributed by atoms with Gasteiger partial charge in [0, 0.05) is 26.2 Å². The molecule has 0 fully saturated rings. The number of unbranched alkanes of at least 4 members (excludes halogenated alkanes) is 1. The molecule has 1 aromatic rings. The summed E-state index contributed by atoms with van der Waals surface area (Å²) < 4.78 is 27.4. The lowest BCUT2D eigenvalue weighted by Gasteiger charge is -2.04. The number of hydrogen-bond acceptors (Lipinski definition) is 4. The van der Waals surface area contributed by atoms with Gasteiger partial charge < -0.3 is 15.4 Å². The first kappa shape index (κ1) is 16.2. The van der Waals surface area contributed by atoms with E-state index in [0.29, 0.717) is 12.8 Å². The minimum Gasteiger partial charge on any atom is -0.477 e. The Morgan fingerprint density at radius 1 is 1.40 bits per heavy atom. The molecule has 0 radical (unpaired) electrons. The van der Waals surface area contributed by atoms with Gasteiger partial charge in [-0.3, -0.25) is 4.79 Å². The number of aromatic nitrogens is 1. The van der Waals surface area contributed by atoms with Gasteiger partial charge in [-0.05, 0) is 18.9 Å². The Balaban J connectivity index is 2.63. The van der Waals surface area contributed by atoms with E-state index in [4.69, 9.17) is 10.8 Å². The van der Waals surface area contributed by atoms with Crippen LogP contribution in [0.15, 0.2) is 17.2 Å². The molecule has 0 aromatic carbocycles. The number of carbonyl (C=O) groups excluding carboxylic acids is 1. The summed E-state index contributed by atoms with van der Waals surface area (Å²) in [5.74, 6) is -1.63. The number of aromatic carboxylic acids is 1. The number of nitrogens with one attached hydrogen (secondary N) is 1. The number of rotatable bonds is 8. The highest BCUT2D eigenvalue weighted by Gasteiger charge is 2.19. The molecule has 1 heterocycles. The second-order valence-corrected chi connectivity index (χ2v) is 6.07. The molecule has 20 heavy (non-hydrogen) atoms. The van der Waals surface area contributed by atoms with Crippen molar-refractivity contribution in [1.29, 1.82) is 0 Å². The summed E-state index contributed by atoms with van der Waals surface area (Å²) in [5, 5.41) is 8.86. The van der Waals surface area contributed by atoms with Crippen LogP contribution in [0.1, 0.15) is 29.8 Å². The molecule has 0 atom stereocenters. The van der Waals surface area contributed by atoms with Gasteiger partial charge in [0.1, 0.15) is 10.6 Å². The summed E-state index contributed by atoms with van der Waals surface area (Å²) >= 11 is 0. The number of primary amides is 1. The Morgan fingerprint density at radius 2 is 2.05 bits per heavy atom. The zero-order valence-corrected chi connectivity index (χ0v) is 11.8. The number of hydrogen-bond donors (Lipinski definition) is 3. The normalized spacial score (nSPS) is 11.4. The fourth-order valence-corrected chi connectivity index (χ4v) is 2.75. The Morgan fingerprint density at radius 3 is 2.55 bits per heavy atom. The molecule has 0 saturated heterocycles. The second kappa shape index (κ2) is 6.53. The van der Waals surface area contributed by atoms with Crippen molar-refractivity contribution >= 4 is 21.9 Å². The van der Waals surface area contributed by atoms with E-state index < -0.39 is 21.9 Å². The minimum atomic E-state index is -3.75. The maximum atomic E-state index is 11.9. The predicted molar refractivity (Wildman–Crippen MR) is 70.6 cm³/mol. The van der Waals surface area contributed by atoms with Crippen LogP contribution in [0, 0.1) is 0 Å². The zero-order valence-electron chi connectivity index (χ0n) is 11.0. The highest BCUT2D eigenvalue weighted by molar-refractivity contribution is 7.89. The molecule has 0 unspecified atom stereocenters. The van der Waals surface area contributed by atoms with E-state index >= 15 is 0 Å². The van der Waals surface area contributed by atoms with Crippen molar-refractivity contribution in [3.63, 3.8) is 0 Å². The van der Waals surface area contributed by atoms with E-state index in [0.717, 1.165) is 6.07 Å². The van der Waals surface area contributed by atoms with Gasteiger partial charge in [-0.25, -0.2) is 17.9 Å². The number of carboxylic acids is 1. The minimum absolute atomic E-state index is 0.104. The summed E-state index contributed by atoms with van der Waals surface area (Å²) in [6, 6.07) is 1.09. The van der Waals surface area contributed by atoms with Crippen LogP contribution >= 0.6 is 0 Å². The Labute approximate surface area is 116 Å². The molecule has 0 bridgehead atoms. The third-order valence-corrected chi connectivity index (χ3v) is 4.08. The standard InChI is InChI=1S/C11H17N3O5S/c1-14-7-8(6-9(14)11(16)17)20(18,19)13-5-3-2-4-10(12)15/h6-7,13H,2-5H2,1H3,(H2,12,15)(H,16,17). The molecule has 1 aromatic heterocycles. The fourth-order valence-electron chi connectivity index (χ4n) is 1.61. The van der Waals surface area contributed by atoms with Crippen LogP contribution < -0.4 is 10.5 Å². The first-order valence-electron chi connectivity index (χ1n) is 5.91. The summed E-state index contributed by atoms with van der Waals surface area (Å²) in [4.78, 5) is 21.3. The summed E-state index contributed by atoms with van der Waals surface area (Å²) in [6.45, 7) is 0.160. The van der Waals surface area contributed by atoms with E-state index in [1.807, 2.05) is 0 Å². The van der Waals surface area contributed by atoms with Crippen molar-refractivity contribution in [2.45, 2.75) is 24.2 Å². The van der Waals surface area contributed by atoms with E-state index in [2.05, 4.69) is 4.72 Å². The predicted octanol–water partition coefficient (Wildman–Crippen LogP) is -0.343. The lowest BCUT2D eigenvalue weighted by atomic mass is 10.2. The van der Waals surface area contributed by atoms with E-state index in [9.17, 15) is 18.0 Å². The Kier molecular flexibility index (Phi) is 5.28. The molecule has 4 N–H and O–H groups in total. The molecule has 1 amide bonds. The molecule has 112 valence electrons. The van der Waals surface area contributed by atoms with Crippen LogP contribution in [0.2, 0.25) is 0 Å². The van der Waals surface area contributed by atoms with Gasteiger partial charge in [-0.2, -0.15) is 0 Å². The molecule has 0 aliphatic rings. The topological polar surface area (TPSA) is 131 Å². The van der Waals surface area contributed by atoms with Gasteiger partial charge in [0.25, 0.3) is 0 Å². The lowest BCUT2D eigenvalue weighted by molar-refractivity contribution is -0.118. The average molecular weight is 303 g/mol. The smallest absolute Gasteiger partial charge is 0.352 e. The SMILES string of the molecule is Cn1cc(S(=O)(=O)NCCCCC(N)=O)cc1C(=O)O. The molecule has 9 heteroatoms. The lowest BCUT2D eigenvalue weighted by Crippen LogP contribution is -2.24. The third kappa shape index (κ3) is 4.35. The summed E-state index contributed by atoms with van der Waals surface area (Å²) in [6.07, 6.45) is 2.40. The number of amides is 1. The Bertz CT molecular complexity index is 606. The number of sulfonamides is 1. The van der Waals surface area contributed by atoms with Crippen molar-refractivity contribution < 1.29 is 23.1 Å².